The molecule has 25 heavy (non-hydrogen) atoms. The van der Waals surface area contributed by atoms with Crippen molar-refractivity contribution in [2.75, 3.05) is 26.2 Å². The number of piperazine rings is 1. The number of aromatic amines is 1. The summed E-state index contributed by atoms with van der Waals surface area (Å²) in [5.74, 6) is 0.728. The normalized spacial score (nSPS) is 16.0. The van der Waals surface area contributed by atoms with E-state index >= 15 is 0 Å². The van der Waals surface area contributed by atoms with Gasteiger partial charge in [0.1, 0.15) is 24.8 Å². The highest BCUT2D eigenvalue weighted by Gasteiger charge is 2.20. The smallest absolute Gasteiger partial charge is 0.294 e. The number of aromatic nitrogens is 2. The molecule has 3 aromatic rings. The zero-order valence-electron chi connectivity index (χ0n) is 14.3. The average molecular weight is 338 g/mol. The van der Waals surface area contributed by atoms with Crippen LogP contribution in [0.15, 0.2) is 27.4 Å². The van der Waals surface area contributed by atoms with E-state index in [1.165, 1.54) is 0 Å². The van der Waals surface area contributed by atoms with Crippen molar-refractivity contribution in [1.82, 2.24) is 19.8 Å². The van der Waals surface area contributed by atoms with Gasteiger partial charge in [-0.25, -0.2) is 4.98 Å². The fraction of sp³-hybridized carbons (Fsp3) is 0.353. The summed E-state index contributed by atoms with van der Waals surface area (Å²) in [6, 6.07) is 5.81. The Bertz CT molecular complexity index is 1020. The summed E-state index contributed by atoms with van der Waals surface area (Å²) in [7, 11) is 2.00. The van der Waals surface area contributed by atoms with Crippen LogP contribution >= 0.6 is 0 Å². The first-order valence-electron chi connectivity index (χ1n) is 8.41. The first-order valence-corrected chi connectivity index (χ1v) is 8.41. The van der Waals surface area contributed by atoms with Crippen molar-refractivity contribution in [1.29, 1.82) is 0 Å². The van der Waals surface area contributed by atoms with E-state index in [9.17, 15) is 9.59 Å². The molecule has 1 aliphatic heterocycles. The lowest BCUT2D eigenvalue weighted by Crippen LogP contribution is -2.47. The number of rotatable bonds is 2. The molecular weight excluding hydrogens is 319 g/mol. The number of carbonyl (C=O) groups is 1. The van der Waals surface area contributed by atoms with E-state index in [1.54, 1.807) is 6.92 Å². The fourth-order valence-electron chi connectivity index (χ4n) is 3.32. The molecule has 1 saturated heterocycles. The maximum Gasteiger partial charge on any atom is 0.294 e. The molecule has 0 spiro atoms. The van der Waals surface area contributed by atoms with Crippen LogP contribution in [0.5, 0.6) is 0 Å². The molecule has 3 heterocycles. The van der Waals surface area contributed by atoms with Gasteiger partial charge in [0.2, 0.25) is 11.5 Å². The van der Waals surface area contributed by atoms with Crippen molar-refractivity contribution < 1.29 is 9.21 Å². The number of benzene rings is 1. The van der Waals surface area contributed by atoms with Crippen molar-refractivity contribution in [3.63, 3.8) is 0 Å². The number of fused-ring (bicyclic) bond motifs is 3. The minimum absolute atomic E-state index is 0.104. The van der Waals surface area contributed by atoms with Crippen molar-refractivity contribution in [3.8, 4) is 0 Å². The molecule has 1 fully saturated rings. The number of furan rings is 1. The van der Waals surface area contributed by atoms with Gasteiger partial charge in [0.05, 0.1) is 6.54 Å². The van der Waals surface area contributed by atoms with E-state index in [2.05, 4.69) is 14.9 Å². The number of nitrogens with one attached hydrogen (secondary N) is 1. The maximum atomic E-state index is 12.4. The Balaban J connectivity index is 1.64. The van der Waals surface area contributed by atoms with Gasteiger partial charge in [0.25, 0.3) is 5.56 Å². The van der Waals surface area contributed by atoms with Gasteiger partial charge in [0, 0.05) is 38.5 Å². The fourth-order valence-corrected chi connectivity index (χ4v) is 3.32. The molecule has 1 N–H and O–H groups in total. The first-order chi connectivity index (χ1) is 12.0. The number of nitrogens with zero attached hydrogens (tertiary/aromatic N) is 3. The molecule has 7 nitrogen and oxygen atoms in total. The zero-order chi connectivity index (χ0) is 17.6. The van der Waals surface area contributed by atoms with Gasteiger partial charge >= 0.3 is 0 Å². The van der Waals surface area contributed by atoms with Crippen LogP contribution in [-0.4, -0.2) is 59.7 Å². The molecule has 0 unspecified atom stereocenters. The van der Waals surface area contributed by atoms with E-state index in [0.717, 1.165) is 23.9 Å². The molecule has 1 aliphatic rings. The summed E-state index contributed by atoms with van der Waals surface area (Å²) in [6.45, 7) is 5.09. The number of carbonyl (C=O) groups excluding carboxylic acids is 1. The van der Waals surface area contributed by atoms with Crippen molar-refractivity contribution in [2.24, 2.45) is 0 Å². The standard InChI is InChI=1S/C17H19BN4O3/c1-10(23)22-6-4-21(5-7-22)9-14-19-15-12-8-11(18)2-3-13(12)25-16(15)17(24)20-14/h2-3,8H,4-7,9,18H2,1H3,(H,19,20,24). The average Bonchev–Trinajstić information content (AvgIpc) is 2.94. The Morgan fingerprint density at radius 1 is 1.32 bits per heavy atom. The van der Waals surface area contributed by atoms with Crippen LogP contribution in [0.1, 0.15) is 12.7 Å². The monoisotopic (exact) mass is 338 g/mol. The minimum Gasteiger partial charge on any atom is -0.449 e. The first kappa shape index (κ1) is 15.9. The second-order valence-corrected chi connectivity index (χ2v) is 6.57. The minimum atomic E-state index is -0.253. The van der Waals surface area contributed by atoms with Gasteiger partial charge in [-0.3, -0.25) is 14.5 Å². The van der Waals surface area contributed by atoms with Crippen molar-refractivity contribution in [2.45, 2.75) is 13.5 Å². The summed E-state index contributed by atoms with van der Waals surface area (Å²) < 4.78 is 5.66. The van der Waals surface area contributed by atoms with E-state index in [4.69, 9.17) is 4.42 Å². The van der Waals surface area contributed by atoms with Crippen LogP contribution in [0.3, 0.4) is 0 Å². The molecule has 1 amide bonds. The van der Waals surface area contributed by atoms with Crippen LogP contribution in [-0.2, 0) is 11.3 Å². The summed E-state index contributed by atoms with van der Waals surface area (Å²) >= 11 is 0. The second kappa shape index (κ2) is 6.04. The van der Waals surface area contributed by atoms with Crippen LogP contribution in [0.25, 0.3) is 22.1 Å². The van der Waals surface area contributed by atoms with Gasteiger partial charge in [-0.15, -0.1) is 0 Å². The highest BCUT2D eigenvalue weighted by molar-refractivity contribution is 6.33. The van der Waals surface area contributed by atoms with Gasteiger partial charge < -0.3 is 14.3 Å². The molecule has 128 valence electrons. The molecule has 8 heteroatoms. The lowest BCUT2D eigenvalue weighted by atomic mass is 9.95. The second-order valence-electron chi connectivity index (χ2n) is 6.57. The number of H-pyrrole nitrogens is 1. The Labute approximate surface area is 145 Å². The predicted octanol–water partition coefficient (Wildman–Crippen LogP) is -0.408. The van der Waals surface area contributed by atoms with Gasteiger partial charge in [-0.1, -0.05) is 17.6 Å². The third kappa shape index (κ3) is 2.93. The molecule has 4 rings (SSSR count). The van der Waals surface area contributed by atoms with Gasteiger partial charge in [-0.05, 0) is 6.07 Å². The van der Waals surface area contributed by atoms with E-state index in [-0.39, 0.29) is 17.0 Å². The van der Waals surface area contributed by atoms with Crippen molar-refractivity contribution in [3.05, 3.63) is 34.4 Å². The molecule has 0 saturated carbocycles. The molecule has 0 atom stereocenters. The van der Waals surface area contributed by atoms with Gasteiger partial charge in [-0.2, -0.15) is 0 Å². The van der Waals surface area contributed by atoms with Crippen molar-refractivity contribution >= 4 is 41.3 Å². The van der Waals surface area contributed by atoms with Gasteiger partial charge in [0.15, 0.2) is 0 Å². The molecular formula is C17H19BN4O3. The van der Waals surface area contributed by atoms with E-state index in [1.807, 2.05) is 30.9 Å². The van der Waals surface area contributed by atoms with E-state index in [0.29, 0.717) is 36.6 Å². The lowest BCUT2D eigenvalue weighted by molar-refractivity contribution is -0.130. The molecule has 0 aliphatic carbocycles. The zero-order valence-corrected chi connectivity index (χ0v) is 14.3. The van der Waals surface area contributed by atoms with Crippen LogP contribution in [0.4, 0.5) is 0 Å². The topological polar surface area (TPSA) is 82.4 Å². The third-order valence-electron chi connectivity index (χ3n) is 4.72. The Hall–Kier alpha value is -2.61. The van der Waals surface area contributed by atoms with E-state index < -0.39 is 0 Å². The Kier molecular flexibility index (Phi) is 3.84. The van der Waals surface area contributed by atoms with Crippen LogP contribution in [0.2, 0.25) is 0 Å². The predicted molar refractivity (Wildman–Crippen MR) is 97.8 cm³/mol. The summed E-state index contributed by atoms with van der Waals surface area (Å²) in [6.07, 6.45) is 0. The highest BCUT2D eigenvalue weighted by atomic mass is 16.3. The summed E-state index contributed by atoms with van der Waals surface area (Å²) in [4.78, 5) is 35.3. The largest absolute Gasteiger partial charge is 0.449 e. The lowest BCUT2D eigenvalue weighted by Gasteiger charge is -2.33. The number of hydrogen-bond donors (Lipinski definition) is 1. The molecule has 0 radical (unpaired) electrons. The quantitative estimate of drug-likeness (QED) is 0.643. The van der Waals surface area contributed by atoms with Crippen LogP contribution < -0.4 is 11.0 Å². The molecule has 2 aromatic heterocycles. The highest BCUT2D eigenvalue weighted by Crippen LogP contribution is 2.23. The number of amides is 1. The molecule has 0 bridgehead atoms. The van der Waals surface area contributed by atoms with Crippen LogP contribution in [0, 0.1) is 0 Å². The maximum absolute atomic E-state index is 12.4. The number of hydrogen-bond acceptors (Lipinski definition) is 5. The Morgan fingerprint density at radius 2 is 2.08 bits per heavy atom. The summed E-state index contributed by atoms with van der Waals surface area (Å²) in [5.41, 5.74) is 2.40. The SMILES string of the molecule is Bc1ccc2oc3c(=O)[nH]c(CN4CCN(C(C)=O)CC4)nc3c2c1. The third-order valence-corrected chi connectivity index (χ3v) is 4.72. The Morgan fingerprint density at radius 3 is 2.80 bits per heavy atom. The summed E-state index contributed by atoms with van der Waals surface area (Å²) in [5, 5.41) is 0.865. The molecule has 1 aromatic carbocycles.